The molecule has 0 radical (unpaired) electrons. The molecule has 0 bridgehead atoms. The van der Waals surface area contributed by atoms with Crippen molar-refractivity contribution in [1.82, 2.24) is 15.1 Å². The number of halogens is 1. The minimum atomic E-state index is -0.255. The second-order valence-corrected chi connectivity index (χ2v) is 7.24. The van der Waals surface area contributed by atoms with Gasteiger partial charge in [0, 0.05) is 12.7 Å². The maximum atomic E-state index is 13.3. The fourth-order valence-electron chi connectivity index (χ4n) is 3.08. The van der Waals surface area contributed by atoms with E-state index in [0.717, 1.165) is 34.7 Å². The molecule has 3 aromatic rings. The second kappa shape index (κ2) is 11.3. The van der Waals surface area contributed by atoms with Gasteiger partial charge in [0.15, 0.2) is 16.6 Å². The van der Waals surface area contributed by atoms with Crippen LogP contribution in [0, 0.1) is 5.82 Å². The van der Waals surface area contributed by atoms with Crippen molar-refractivity contribution in [3.63, 3.8) is 0 Å². The van der Waals surface area contributed by atoms with Crippen molar-refractivity contribution in [1.29, 1.82) is 0 Å². The number of thiocarbonyl (C=S) groups is 1. The molecule has 0 aliphatic heterocycles. The highest BCUT2D eigenvalue weighted by molar-refractivity contribution is 7.80. The number of nitrogens with zero attached hydrogens (tertiary/aromatic N) is 2. The third kappa shape index (κ3) is 6.96. The van der Waals surface area contributed by atoms with Crippen molar-refractivity contribution in [2.75, 3.05) is 25.1 Å². The number of aromatic nitrogens is 2. The van der Waals surface area contributed by atoms with Crippen molar-refractivity contribution in [2.45, 2.75) is 26.8 Å². The van der Waals surface area contributed by atoms with Crippen molar-refractivity contribution >= 4 is 23.0 Å². The van der Waals surface area contributed by atoms with Crippen LogP contribution in [0.3, 0.4) is 0 Å². The molecule has 2 N–H and O–H groups in total. The van der Waals surface area contributed by atoms with Gasteiger partial charge in [-0.1, -0.05) is 18.2 Å². The molecule has 0 saturated carbocycles. The quantitative estimate of drug-likeness (QED) is 0.454. The van der Waals surface area contributed by atoms with Gasteiger partial charge in [0.05, 0.1) is 31.6 Å². The Labute approximate surface area is 187 Å². The lowest BCUT2D eigenvalue weighted by molar-refractivity contribution is 0.287. The zero-order chi connectivity index (χ0) is 22.1. The van der Waals surface area contributed by atoms with Gasteiger partial charge in [-0.25, -0.2) is 4.39 Å². The number of ether oxygens (including phenoxy) is 2. The number of hydrogen-bond acceptors (Lipinski definition) is 4. The minimum absolute atomic E-state index is 0.255. The molecule has 3 rings (SSSR count). The number of nitrogens with one attached hydrogen (secondary N) is 2. The van der Waals surface area contributed by atoms with Crippen LogP contribution in [0.4, 0.5) is 10.1 Å². The van der Waals surface area contributed by atoms with Gasteiger partial charge in [0.1, 0.15) is 5.82 Å². The largest absolute Gasteiger partial charge is 0.490 e. The summed E-state index contributed by atoms with van der Waals surface area (Å²) in [6, 6.07) is 12.4. The maximum absolute atomic E-state index is 13.3. The van der Waals surface area contributed by atoms with E-state index in [1.807, 2.05) is 44.3 Å². The summed E-state index contributed by atoms with van der Waals surface area (Å²) in [6.45, 7) is 6.24. The average Bonchev–Trinajstić information content (AvgIpc) is 3.16. The molecule has 6 nitrogen and oxygen atoms in total. The molecule has 0 fully saturated rings. The van der Waals surface area contributed by atoms with E-state index in [1.54, 1.807) is 16.9 Å². The van der Waals surface area contributed by atoms with Gasteiger partial charge in [-0.3, -0.25) is 4.68 Å². The Morgan fingerprint density at radius 3 is 2.65 bits per heavy atom. The van der Waals surface area contributed by atoms with Crippen LogP contribution in [0.15, 0.2) is 54.9 Å². The molecular formula is C23H27FN4O2S. The molecule has 1 aromatic heterocycles. The third-order valence-corrected chi connectivity index (χ3v) is 4.68. The molecule has 8 heteroatoms. The first kappa shape index (κ1) is 22.6. The number of benzene rings is 2. The van der Waals surface area contributed by atoms with Gasteiger partial charge in [0.25, 0.3) is 0 Å². The zero-order valence-corrected chi connectivity index (χ0v) is 18.5. The lowest BCUT2D eigenvalue weighted by atomic mass is 10.1. The summed E-state index contributed by atoms with van der Waals surface area (Å²) < 4.78 is 26.3. The van der Waals surface area contributed by atoms with Gasteiger partial charge in [0.2, 0.25) is 0 Å². The highest BCUT2D eigenvalue weighted by atomic mass is 32.1. The summed E-state index contributed by atoms with van der Waals surface area (Å²) in [6.07, 6.45) is 4.31. The predicted molar refractivity (Wildman–Crippen MR) is 124 cm³/mol. The lowest BCUT2D eigenvalue weighted by Crippen LogP contribution is -2.30. The molecule has 0 aliphatic rings. The molecule has 0 atom stereocenters. The third-order valence-electron chi connectivity index (χ3n) is 4.43. The van der Waals surface area contributed by atoms with Crippen LogP contribution in [0.25, 0.3) is 0 Å². The van der Waals surface area contributed by atoms with Crippen LogP contribution in [-0.4, -0.2) is 34.7 Å². The van der Waals surface area contributed by atoms with Gasteiger partial charge in [-0.2, -0.15) is 5.10 Å². The number of rotatable bonds is 10. The van der Waals surface area contributed by atoms with Crippen LogP contribution >= 0.6 is 12.2 Å². The van der Waals surface area contributed by atoms with Crippen LogP contribution in [-0.2, 0) is 13.0 Å². The Hall–Kier alpha value is -3.13. The molecule has 164 valence electrons. The molecule has 31 heavy (non-hydrogen) atoms. The summed E-state index contributed by atoms with van der Waals surface area (Å²) >= 11 is 5.38. The van der Waals surface area contributed by atoms with E-state index in [9.17, 15) is 4.39 Å². The van der Waals surface area contributed by atoms with E-state index in [1.165, 1.54) is 12.1 Å². The Morgan fingerprint density at radius 1 is 1.06 bits per heavy atom. The first-order chi connectivity index (χ1) is 15.1. The standard InChI is InChI=1S/C23H27FN4O2S/c1-3-29-21-9-8-17(13-22(21)30-4-2)10-11-25-23(31)27-20-14-26-28(16-20)15-18-6-5-7-19(24)12-18/h5-9,12-14,16H,3-4,10-11,15H2,1-2H3,(H2,25,27,31). The zero-order valence-electron chi connectivity index (χ0n) is 17.7. The van der Waals surface area contributed by atoms with E-state index in [4.69, 9.17) is 21.7 Å². The first-order valence-corrected chi connectivity index (χ1v) is 10.7. The van der Waals surface area contributed by atoms with Crippen molar-refractivity contribution in [3.8, 4) is 11.5 Å². The summed E-state index contributed by atoms with van der Waals surface area (Å²) in [5.41, 5.74) is 2.75. The average molecular weight is 443 g/mol. The SMILES string of the molecule is CCOc1ccc(CCNC(=S)Nc2cnn(Cc3cccc(F)c3)c2)cc1OCC. The Morgan fingerprint density at radius 2 is 1.87 bits per heavy atom. The molecule has 0 unspecified atom stereocenters. The number of anilines is 1. The van der Waals surface area contributed by atoms with Crippen molar-refractivity contribution < 1.29 is 13.9 Å². The molecular weight excluding hydrogens is 415 g/mol. The second-order valence-electron chi connectivity index (χ2n) is 6.83. The molecule has 0 amide bonds. The Balaban J connectivity index is 1.47. The molecule has 0 saturated heterocycles. The minimum Gasteiger partial charge on any atom is -0.490 e. The molecule has 2 aromatic carbocycles. The van der Waals surface area contributed by atoms with E-state index in [0.29, 0.717) is 31.4 Å². The topological polar surface area (TPSA) is 60.3 Å². The van der Waals surface area contributed by atoms with Crippen molar-refractivity contribution in [3.05, 3.63) is 71.8 Å². The summed E-state index contributed by atoms with van der Waals surface area (Å²) in [7, 11) is 0. The first-order valence-electron chi connectivity index (χ1n) is 10.3. The fraction of sp³-hybridized carbons (Fsp3) is 0.304. The normalized spacial score (nSPS) is 10.5. The maximum Gasteiger partial charge on any atom is 0.170 e. The van der Waals surface area contributed by atoms with Gasteiger partial charge in [-0.15, -0.1) is 0 Å². The fourth-order valence-corrected chi connectivity index (χ4v) is 3.30. The smallest absolute Gasteiger partial charge is 0.170 e. The monoisotopic (exact) mass is 442 g/mol. The van der Waals surface area contributed by atoms with E-state index >= 15 is 0 Å². The van der Waals surface area contributed by atoms with Crippen molar-refractivity contribution in [2.24, 2.45) is 0 Å². The predicted octanol–water partition coefficient (Wildman–Crippen LogP) is 4.40. The summed E-state index contributed by atoms with van der Waals surface area (Å²) in [4.78, 5) is 0. The van der Waals surface area contributed by atoms with Crippen LogP contribution in [0.2, 0.25) is 0 Å². The molecule has 1 heterocycles. The van der Waals surface area contributed by atoms with E-state index in [-0.39, 0.29) is 5.82 Å². The van der Waals surface area contributed by atoms with Gasteiger partial charge >= 0.3 is 0 Å². The Kier molecular flexibility index (Phi) is 8.23. The van der Waals surface area contributed by atoms with Gasteiger partial charge < -0.3 is 20.1 Å². The number of hydrogen-bond donors (Lipinski definition) is 2. The lowest BCUT2D eigenvalue weighted by Gasteiger charge is -2.13. The summed E-state index contributed by atoms with van der Waals surface area (Å²) in [5.74, 6) is 1.26. The molecule has 0 aliphatic carbocycles. The van der Waals surface area contributed by atoms with E-state index in [2.05, 4.69) is 15.7 Å². The summed E-state index contributed by atoms with van der Waals surface area (Å²) in [5, 5.41) is 11.1. The molecule has 0 spiro atoms. The van der Waals surface area contributed by atoms with Gasteiger partial charge in [-0.05, 0) is 67.9 Å². The highest BCUT2D eigenvalue weighted by Crippen LogP contribution is 2.28. The van der Waals surface area contributed by atoms with Crippen LogP contribution in [0.5, 0.6) is 11.5 Å². The van der Waals surface area contributed by atoms with Crippen LogP contribution < -0.4 is 20.1 Å². The van der Waals surface area contributed by atoms with E-state index < -0.39 is 0 Å². The Bertz CT molecular complexity index is 1010. The highest BCUT2D eigenvalue weighted by Gasteiger charge is 2.07. The van der Waals surface area contributed by atoms with Crippen LogP contribution in [0.1, 0.15) is 25.0 Å².